The molecule has 1 aromatic rings. The van der Waals surface area contributed by atoms with Gasteiger partial charge in [-0.3, -0.25) is 10.2 Å². The lowest BCUT2D eigenvalue weighted by atomic mass is 9.68. The zero-order valence-electron chi connectivity index (χ0n) is 11.4. The Morgan fingerprint density at radius 2 is 1.79 bits per heavy atom. The van der Waals surface area contributed by atoms with Crippen LogP contribution < -0.4 is 11.3 Å². The van der Waals surface area contributed by atoms with Crippen LogP contribution in [0.5, 0.6) is 0 Å². The van der Waals surface area contributed by atoms with Crippen LogP contribution in [0.2, 0.25) is 0 Å². The second kappa shape index (κ2) is 4.97. The Kier molecular flexibility index (Phi) is 3.31. The molecule has 2 aliphatic carbocycles. The van der Waals surface area contributed by atoms with Gasteiger partial charge in [0.1, 0.15) is 0 Å². The Morgan fingerprint density at radius 3 is 2.53 bits per heavy atom. The Balaban J connectivity index is 2.02. The van der Waals surface area contributed by atoms with E-state index in [9.17, 15) is 4.79 Å². The molecule has 0 aliphatic heterocycles. The Labute approximate surface area is 114 Å². The van der Waals surface area contributed by atoms with Crippen LogP contribution in [0.4, 0.5) is 0 Å². The summed E-state index contributed by atoms with van der Waals surface area (Å²) in [6.45, 7) is 0. The van der Waals surface area contributed by atoms with Crippen LogP contribution in [0.25, 0.3) is 0 Å². The first-order valence-corrected chi connectivity index (χ1v) is 7.40. The number of carbonyl (C=O) groups is 1. The maximum atomic E-state index is 12.4. The van der Waals surface area contributed by atoms with Gasteiger partial charge in [0.25, 0.3) is 0 Å². The molecule has 19 heavy (non-hydrogen) atoms. The quantitative estimate of drug-likeness (QED) is 0.486. The monoisotopic (exact) mass is 258 g/mol. The van der Waals surface area contributed by atoms with Crippen molar-refractivity contribution in [3.05, 3.63) is 34.9 Å². The highest BCUT2D eigenvalue weighted by atomic mass is 16.2. The van der Waals surface area contributed by atoms with Gasteiger partial charge in [-0.2, -0.15) is 0 Å². The number of hydrazine groups is 1. The van der Waals surface area contributed by atoms with Crippen LogP contribution >= 0.6 is 0 Å². The molecule has 1 aromatic carbocycles. The van der Waals surface area contributed by atoms with Crippen LogP contribution in [-0.2, 0) is 23.1 Å². The van der Waals surface area contributed by atoms with Crippen LogP contribution in [-0.4, -0.2) is 5.91 Å². The largest absolute Gasteiger partial charge is 0.293 e. The van der Waals surface area contributed by atoms with Crippen LogP contribution in [0.1, 0.15) is 55.2 Å². The third-order valence-electron chi connectivity index (χ3n) is 4.92. The van der Waals surface area contributed by atoms with Crippen molar-refractivity contribution in [2.24, 2.45) is 5.84 Å². The molecule has 0 unspecified atom stereocenters. The molecule has 2 aliphatic rings. The van der Waals surface area contributed by atoms with E-state index in [1.807, 2.05) is 0 Å². The molecule has 1 fully saturated rings. The number of carbonyl (C=O) groups excluding carboxylic acids is 1. The molecule has 0 radical (unpaired) electrons. The van der Waals surface area contributed by atoms with Crippen molar-refractivity contribution in [1.82, 2.24) is 5.43 Å². The molecule has 0 bridgehead atoms. The van der Waals surface area contributed by atoms with Gasteiger partial charge in [0.2, 0.25) is 5.91 Å². The van der Waals surface area contributed by atoms with Gasteiger partial charge >= 0.3 is 0 Å². The first-order chi connectivity index (χ1) is 9.26. The van der Waals surface area contributed by atoms with Crippen molar-refractivity contribution in [3.8, 4) is 0 Å². The molecule has 1 saturated carbocycles. The average Bonchev–Trinajstić information content (AvgIpc) is 2.94. The summed E-state index contributed by atoms with van der Waals surface area (Å²) in [6.07, 6.45) is 8.90. The average molecular weight is 258 g/mol. The number of nitrogens with two attached hydrogens (primary N) is 1. The van der Waals surface area contributed by atoms with Gasteiger partial charge in [-0.05, 0) is 48.8 Å². The first-order valence-electron chi connectivity index (χ1n) is 7.40. The minimum Gasteiger partial charge on any atom is -0.293 e. The van der Waals surface area contributed by atoms with Gasteiger partial charge in [-0.25, -0.2) is 5.84 Å². The highest BCUT2D eigenvalue weighted by Crippen LogP contribution is 2.41. The molecule has 1 amide bonds. The van der Waals surface area contributed by atoms with Gasteiger partial charge in [-0.15, -0.1) is 0 Å². The zero-order valence-corrected chi connectivity index (χ0v) is 11.4. The normalized spacial score (nSPS) is 20.9. The fourth-order valence-electron chi connectivity index (χ4n) is 3.81. The number of aryl methyl sites for hydroxylation is 2. The Hall–Kier alpha value is -1.35. The lowest BCUT2D eigenvalue weighted by Crippen LogP contribution is -2.48. The van der Waals surface area contributed by atoms with Crippen molar-refractivity contribution in [1.29, 1.82) is 0 Å². The molecule has 0 spiro atoms. The van der Waals surface area contributed by atoms with Crippen LogP contribution in [0.3, 0.4) is 0 Å². The summed E-state index contributed by atoms with van der Waals surface area (Å²) in [5.74, 6) is 5.43. The van der Waals surface area contributed by atoms with E-state index in [0.29, 0.717) is 0 Å². The van der Waals surface area contributed by atoms with Gasteiger partial charge in [0, 0.05) is 0 Å². The summed E-state index contributed by atoms with van der Waals surface area (Å²) in [7, 11) is 0. The fourth-order valence-corrected chi connectivity index (χ4v) is 3.81. The van der Waals surface area contributed by atoms with Crippen molar-refractivity contribution >= 4 is 5.91 Å². The lowest BCUT2D eigenvalue weighted by Gasteiger charge is -2.36. The zero-order chi connectivity index (χ0) is 13.3. The summed E-state index contributed by atoms with van der Waals surface area (Å²) < 4.78 is 0. The molecule has 3 heteroatoms. The topological polar surface area (TPSA) is 55.1 Å². The summed E-state index contributed by atoms with van der Waals surface area (Å²) in [5, 5.41) is 0. The first kappa shape index (κ1) is 12.7. The van der Waals surface area contributed by atoms with Crippen LogP contribution in [0, 0.1) is 0 Å². The molecule has 0 atom stereocenters. The minimum atomic E-state index is -0.384. The summed E-state index contributed by atoms with van der Waals surface area (Å²) in [5.41, 5.74) is 6.09. The van der Waals surface area contributed by atoms with Gasteiger partial charge in [0.05, 0.1) is 5.41 Å². The molecular weight excluding hydrogens is 236 g/mol. The minimum absolute atomic E-state index is 0.00912. The van der Waals surface area contributed by atoms with Crippen molar-refractivity contribution in [2.75, 3.05) is 0 Å². The van der Waals surface area contributed by atoms with E-state index < -0.39 is 0 Å². The Bertz CT molecular complexity index is 490. The maximum Gasteiger partial charge on any atom is 0.244 e. The van der Waals surface area contributed by atoms with Crippen molar-refractivity contribution < 1.29 is 4.79 Å². The van der Waals surface area contributed by atoms with E-state index >= 15 is 0 Å². The smallest absolute Gasteiger partial charge is 0.244 e. The van der Waals surface area contributed by atoms with Crippen molar-refractivity contribution in [3.63, 3.8) is 0 Å². The second-order valence-electron chi connectivity index (χ2n) is 5.95. The number of fused-ring (bicyclic) bond motifs is 1. The van der Waals surface area contributed by atoms with Gasteiger partial charge in [-0.1, -0.05) is 37.5 Å². The maximum absolute atomic E-state index is 12.4. The summed E-state index contributed by atoms with van der Waals surface area (Å²) >= 11 is 0. The number of benzene rings is 1. The SMILES string of the molecule is NNC(=O)C1(c2ccc3c(c2)CCC3)CCCCC1. The van der Waals surface area contributed by atoms with E-state index in [0.717, 1.165) is 32.1 Å². The fraction of sp³-hybridized carbons (Fsp3) is 0.562. The highest BCUT2D eigenvalue weighted by molar-refractivity contribution is 5.88. The summed E-state index contributed by atoms with van der Waals surface area (Å²) in [6, 6.07) is 6.64. The number of rotatable bonds is 2. The van der Waals surface area contributed by atoms with E-state index in [4.69, 9.17) is 5.84 Å². The number of amides is 1. The van der Waals surface area contributed by atoms with Crippen LogP contribution in [0.15, 0.2) is 18.2 Å². The number of hydrogen-bond acceptors (Lipinski definition) is 2. The predicted octanol–water partition coefficient (Wildman–Crippen LogP) is 2.37. The number of nitrogens with one attached hydrogen (secondary N) is 1. The second-order valence-corrected chi connectivity index (χ2v) is 5.95. The molecule has 3 nitrogen and oxygen atoms in total. The van der Waals surface area contributed by atoms with E-state index in [1.165, 1.54) is 36.0 Å². The standard InChI is InChI=1S/C16H22N2O/c17-18-15(19)16(9-2-1-3-10-16)14-8-7-12-5-4-6-13(12)11-14/h7-8,11H,1-6,9-10,17H2,(H,18,19). The molecule has 102 valence electrons. The lowest BCUT2D eigenvalue weighted by molar-refractivity contribution is -0.128. The Morgan fingerprint density at radius 1 is 1.05 bits per heavy atom. The molecular formula is C16H22N2O. The highest BCUT2D eigenvalue weighted by Gasteiger charge is 2.41. The van der Waals surface area contributed by atoms with Gasteiger partial charge in [0.15, 0.2) is 0 Å². The molecule has 0 heterocycles. The predicted molar refractivity (Wildman–Crippen MR) is 75.6 cm³/mol. The van der Waals surface area contributed by atoms with Crippen molar-refractivity contribution in [2.45, 2.75) is 56.8 Å². The van der Waals surface area contributed by atoms with E-state index in [-0.39, 0.29) is 11.3 Å². The van der Waals surface area contributed by atoms with Gasteiger partial charge < -0.3 is 0 Å². The third-order valence-corrected chi connectivity index (χ3v) is 4.92. The molecule has 0 saturated heterocycles. The van der Waals surface area contributed by atoms with E-state index in [2.05, 4.69) is 23.6 Å². The van der Waals surface area contributed by atoms with E-state index in [1.54, 1.807) is 0 Å². The molecule has 3 rings (SSSR count). The summed E-state index contributed by atoms with van der Waals surface area (Å²) in [4.78, 5) is 12.4. The molecule has 3 N–H and O–H groups in total. The molecule has 0 aromatic heterocycles. The third kappa shape index (κ3) is 2.06. The number of hydrogen-bond donors (Lipinski definition) is 2.